The molecule has 0 aromatic heterocycles. The predicted molar refractivity (Wildman–Crippen MR) is 249 cm³/mol. The highest BCUT2D eigenvalue weighted by atomic mass is 15.2. The summed E-state index contributed by atoms with van der Waals surface area (Å²) in [4.78, 5) is 4.79. The zero-order valence-corrected chi connectivity index (χ0v) is 32.1. The molecule has 58 heavy (non-hydrogen) atoms. The van der Waals surface area contributed by atoms with Crippen LogP contribution in [0, 0.1) is 0 Å². The predicted octanol–water partition coefficient (Wildman–Crippen LogP) is 14.9. The van der Waals surface area contributed by atoms with E-state index in [0.29, 0.717) is 0 Å². The van der Waals surface area contributed by atoms with E-state index in [1.165, 1.54) is 54.6 Å². The van der Waals surface area contributed by atoms with Crippen LogP contribution in [0.15, 0.2) is 243 Å². The molecule has 0 heterocycles. The second kappa shape index (κ2) is 15.6. The zero-order chi connectivity index (χ0) is 38.7. The molecule has 0 unspecified atom stereocenters. The smallest absolute Gasteiger partial charge is 0.0712 e. The molecule has 2 nitrogen and oxygen atoms in total. The number of benzene rings is 8. The highest BCUT2D eigenvalue weighted by Crippen LogP contribution is 2.43. The van der Waals surface area contributed by atoms with E-state index in [1.807, 2.05) is 0 Å². The van der Waals surface area contributed by atoms with Gasteiger partial charge in [-0.2, -0.15) is 0 Å². The average Bonchev–Trinajstić information content (AvgIpc) is 3.74. The van der Waals surface area contributed by atoms with E-state index in [2.05, 4.69) is 253 Å². The minimum absolute atomic E-state index is 0.0950. The summed E-state index contributed by atoms with van der Waals surface area (Å²) in [6, 6.07) is 62.3. The number of allylic oxidation sites excluding steroid dienone is 8. The van der Waals surface area contributed by atoms with Crippen LogP contribution in [0.25, 0.3) is 54.6 Å². The fourth-order valence-electron chi connectivity index (χ4n) is 8.64. The van der Waals surface area contributed by atoms with Crippen LogP contribution in [-0.2, 0) is 0 Å². The van der Waals surface area contributed by atoms with Crippen molar-refractivity contribution >= 4 is 55.1 Å². The molecule has 0 spiro atoms. The quantitative estimate of drug-likeness (QED) is 0.143. The van der Waals surface area contributed by atoms with Crippen molar-refractivity contribution in [1.82, 2.24) is 0 Å². The largest absolute Gasteiger partial charge is 0.331 e. The molecule has 2 heteroatoms. The van der Waals surface area contributed by atoms with Gasteiger partial charge in [0, 0.05) is 22.7 Å². The molecule has 0 N–H and O–H groups in total. The van der Waals surface area contributed by atoms with Crippen molar-refractivity contribution in [2.45, 2.75) is 12.1 Å². The van der Waals surface area contributed by atoms with E-state index in [1.54, 1.807) is 0 Å². The molecular formula is C56H42N2. The van der Waals surface area contributed by atoms with Gasteiger partial charge in [0.05, 0.1) is 12.1 Å². The number of rotatable bonds is 8. The van der Waals surface area contributed by atoms with Crippen LogP contribution in [-0.4, -0.2) is 12.1 Å². The standard InChI is InChI=1S/C56H42N2/c1-2-8-20-43(19-7-1)57(45-23-11-5-12-24-45)47-35-31-41(32-36-47)53-39-55-52-30-18-16-28-50(52)54(40-56(55)51-29-17-15-27-49(51)53)42-33-37-48(38-34-42)58(46-25-13-6-14-26-46)44-21-9-3-4-10-22-44/h1-40,43-44H. The maximum atomic E-state index is 2.42. The fraction of sp³-hybridized carbons (Fsp3) is 0.0357. The molecule has 0 saturated carbocycles. The van der Waals surface area contributed by atoms with Gasteiger partial charge in [-0.15, -0.1) is 0 Å². The van der Waals surface area contributed by atoms with Crippen molar-refractivity contribution in [1.29, 1.82) is 0 Å². The lowest BCUT2D eigenvalue weighted by molar-refractivity contribution is 0.944. The number of hydrogen-bond acceptors (Lipinski definition) is 2. The van der Waals surface area contributed by atoms with Crippen LogP contribution in [0.2, 0.25) is 0 Å². The van der Waals surface area contributed by atoms with Crippen molar-refractivity contribution in [3.8, 4) is 22.3 Å². The lowest BCUT2D eigenvalue weighted by atomic mass is 9.87. The lowest BCUT2D eigenvalue weighted by Gasteiger charge is -2.30. The highest BCUT2D eigenvalue weighted by molar-refractivity contribution is 6.23. The maximum Gasteiger partial charge on any atom is 0.0712 e. The SMILES string of the molecule is C1=CC=CC(N(c2ccccc2)c2ccc(-c3cc4c5ccccc5c(-c5ccc(N(c6ccccc6)C6C=CC=CC=C6)cc5)cc4c4ccccc34)cc2)C=C1. The summed E-state index contributed by atoms with van der Waals surface area (Å²) in [6.07, 6.45) is 25.9. The van der Waals surface area contributed by atoms with Gasteiger partial charge in [-0.05, 0) is 115 Å². The third-order valence-electron chi connectivity index (χ3n) is 11.4. The Morgan fingerprint density at radius 3 is 0.931 bits per heavy atom. The van der Waals surface area contributed by atoms with Gasteiger partial charge in [0.25, 0.3) is 0 Å². The van der Waals surface area contributed by atoms with Crippen LogP contribution in [0.4, 0.5) is 22.7 Å². The molecule has 0 atom stereocenters. The minimum atomic E-state index is 0.0950. The molecule has 8 aromatic carbocycles. The monoisotopic (exact) mass is 742 g/mol. The van der Waals surface area contributed by atoms with E-state index in [0.717, 1.165) is 22.7 Å². The maximum absolute atomic E-state index is 2.42. The summed E-state index contributed by atoms with van der Waals surface area (Å²) < 4.78 is 0. The number of nitrogens with zero attached hydrogens (tertiary/aromatic N) is 2. The summed E-state index contributed by atoms with van der Waals surface area (Å²) in [5.41, 5.74) is 9.48. The molecule has 0 radical (unpaired) electrons. The number of anilines is 4. The summed E-state index contributed by atoms with van der Waals surface area (Å²) in [7, 11) is 0. The Morgan fingerprint density at radius 2 is 0.569 bits per heavy atom. The van der Waals surface area contributed by atoms with Crippen LogP contribution in [0.5, 0.6) is 0 Å². The van der Waals surface area contributed by atoms with Crippen molar-refractivity contribution in [3.05, 3.63) is 243 Å². The third kappa shape index (κ3) is 6.65. The number of hydrogen-bond donors (Lipinski definition) is 0. The van der Waals surface area contributed by atoms with Crippen molar-refractivity contribution in [2.75, 3.05) is 9.80 Å². The number of fused-ring (bicyclic) bond motifs is 5. The second-order valence-corrected chi connectivity index (χ2v) is 14.8. The molecule has 0 amide bonds. The molecule has 0 fully saturated rings. The Hall–Kier alpha value is -7.42. The Morgan fingerprint density at radius 1 is 0.259 bits per heavy atom. The Labute approximate surface area is 340 Å². The molecule has 276 valence electrons. The first-order chi connectivity index (χ1) is 28.8. The minimum Gasteiger partial charge on any atom is -0.331 e. The van der Waals surface area contributed by atoms with Gasteiger partial charge in [0.2, 0.25) is 0 Å². The average molecular weight is 743 g/mol. The van der Waals surface area contributed by atoms with Gasteiger partial charge in [-0.1, -0.05) is 182 Å². The molecule has 0 saturated heterocycles. The first-order valence-electron chi connectivity index (χ1n) is 20.1. The number of para-hydroxylation sites is 2. The van der Waals surface area contributed by atoms with Crippen molar-refractivity contribution in [2.24, 2.45) is 0 Å². The van der Waals surface area contributed by atoms with Crippen LogP contribution in [0.1, 0.15) is 0 Å². The van der Waals surface area contributed by atoms with E-state index in [4.69, 9.17) is 0 Å². The van der Waals surface area contributed by atoms with E-state index in [-0.39, 0.29) is 12.1 Å². The first-order valence-corrected chi connectivity index (χ1v) is 20.1. The highest BCUT2D eigenvalue weighted by Gasteiger charge is 2.20. The van der Waals surface area contributed by atoms with Gasteiger partial charge in [-0.25, -0.2) is 0 Å². The third-order valence-corrected chi connectivity index (χ3v) is 11.4. The topological polar surface area (TPSA) is 6.48 Å². The first kappa shape index (κ1) is 35.0. The van der Waals surface area contributed by atoms with E-state index in [9.17, 15) is 0 Å². The Balaban J connectivity index is 1.07. The summed E-state index contributed by atoms with van der Waals surface area (Å²) in [5.74, 6) is 0. The zero-order valence-electron chi connectivity index (χ0n) is 32.1. The Bertz CT molecular complexity index is 2690. The molecular weight excluding hydrogens is 701 g/mol. The Kier molecular flexibility index (Phi) is 9.43. The van der Waals surface area contributed by atoms with Crippen molar-refractivity contribution < 1.29 is 0 Å². The summed E-state index contributed by atoms with van der Waals surface area (Å²) >= 11 is 0. The lowest BCUT2D eigenvalue weighted by Crippen LogP contribution is -2.27. The van der Waals surface area contributed by atoms with E-state index >= 15 is 0 Å². The molecule has 0 bridgehead atoms. The van der Waals surface area contributed by atoms with Gasteiger partial charge in [0.15, 0.2) is 0 Å². The van der Waals surface area contributed by atoms with Gasteiger partial charge >= 0.3 is 0 Å². The fourth-order valence-corrected chi connectivity index (χ4v) is 8.64. The van der Waals surface area contributed by atoms with Gasteiger partial charge in [-0.3, -0.25) is 0 Å². The summed E-state index contributed by atoms with van der Waals surface area (Å²) in [5, 5.41) is 7.53. The van der Waals surface area contributed by atoms with Crippen LogP contribution < -0.4 is 9.80 Å². The van der Waals surface area contributed by atoms with Crippen LogP contribution >= 0.6 is 0 Å². The van der Waals surface area contributed by atoms with E-state index < -0.39 is 0 Å². The summed E-state index contributed by atoms with van der Waals surface area (Å²) in [6.45, 7) is 0. The normalized spacial score (nSPS) is 14.0. The molecule has 0 aliphatic heterocycles. The molecule has 10 rings (SSSR count). The van der Waals surface area contributed by atoms with Gasteiger partial charge in [0.1, 0.15) is 0 Å². The molecule has 2 aliphatic rings. The van der Waals surface area contributed by atoms with Crippen LogP contribution in [0.3, 0.4) is 0 Å². The molecule has 2 aliphatic carbocycles. The molecule has 8 aromatic rings. The van der Waals surface area contributed by atoms with Gasteiger partial charge < -0.3 is 9.80 Å². The second-order valence-electron chi connectivity index (χ2n) is 14.8. The van der Waals surface area contributed by atoms with Crippen molar-refractivity contribution in [3.63, 3.8) is 0 Å².